The number of carbonyl (C=O) groups is 1. The Hall–Kier alpha value is -2.30. The van der Waals surface area contributed by atoms with E-state index in [0.29, 0.717) is 23.8 Å². The van der Waals surface area contributed by atoms with Gasteiger partial charge in [-0.25, -0.2) is 18.0 Å². The van der Waals surface area contributed by atoms with Gasteiger partial charge in [0.1, 0.15) is 23.0 Å². The van der Waals surface area contributed by atoms with Gasteiger partial charge in [-0.2, -0.15) is 0 Å². The summed E-state index contributed by atoms with van der Waals surface area (Å²) in [5, 5.41) is 8.93. The van der Waals surface area contributed by atoms with E-state index in [0.717, 1.165) is 36.5 Å². The fourth-order valence-electron chi connectivity index (χ4n) is 5.48. The minimum absolute atomic E-state index is 0.0269. The normalized spacial score (nSPS) is 23.4. The van der Waals surface area contributed by atoms with Crippen molar-refractivity contribution in [1.29, 1.82) is 0 Å². The molecule has 0 bridgehead atoms. The van der Waals surface area contributed by atoms with Gasteiger partial charge in [0, 0.05) is 5.56 Å². The van der Waals surface area contributed by atoms with Crippen molar-refractivity contribution in [2.45, 2.75) is 57.8 Å². The maximum atomic E-state index is 15.4. The molecule has 0 unspecified atom stereocenters. The third kappa shape index (κ3) is 3.56. The van der Waals surface area contributed by atoms with Crippen molar-refractivity contribution in [1.82, 2.24) is 0 Å². The molecule has 0 heterocycles. The van der Waals surface area contributed by atoms with Crippen molar-refractivity contribution in [2.24, 2.45) is 11.8 Å². The third-order valence-corrected chi connectivity index (χ3v) is 6.80. The molecule has 0 spiro atoms. The van der Waals surface area contributed by atoms with Crippen LogP contribution in [0.25, 0.3) is 11.1 Å². The Labute approximate surface area is 168 Å². The zero-order chi connectivity index (χ0) is 20.7. The SMILES string of the molecule is CCC[C@@H]1CC[C@@H]2c3ccc(-c4cc(F)c(C(=O)O)c(F)c4)c(F)c3CC[C@H]2C1. The molecule has 1 saturated carbocycles. The van der Waals surface area contributed by atoms with Crippen molar-refractivity contribution < 1.29 is 23.1 Å². The predicted molar refractivity (Wildman–Crippen MR) is 106 cm³/mol. The Morgan fingerprint density at radius 3 is 2.48 bits per heavy atom. The minimum atomic E-state index is -1.68. The predicted octanol–water partition coefficient (Wildman–Crippen LogP) is 6.72. The van der Waals surface area contributed by atoms with Crippen LogP contribution in [0.2, 0.25) is 0 Å². The van der Waals surface area contributed by atoms with E-state index in [1.807, 2.05) is 6.07 Å². The standard InChI is InChI=1S/C24H25F3O2/c1-2-3-13-4-6-16-14(10-13)5-7-19-18(16)9-8-17(23(19)27)15-11-20(25)22(24(28)29)21(26)12-15/h8-9,11-14,16H,2-7,10H2,1H3,(H,28,29)/t13-,14+,16+/m1/s1. The van der Waals surface area contributed by atoms with Gasteiger partial charge in [-0.05, 0) is 78.7 Å². The molecule has 0 amide bonds. The highest BCUT2D eigenvalue weighted by molar-refractivity contribution is 5.89. The largest absolute Gasteiger partial charge is 0.477 e. The second-order valence-electron chi connectivity index (χ2n) is 8.49. The molecule has 154 valence electrons. The van der Waals surface area contributed by atoms with E-state index >= 15 is 4.39 Å². The van der Waals surface area contributed by atoms with Gasteiger partial charge in [-0.15, -0.1) is 0 Å². The van der Waals surface area contributed by atoms with E-state index in [1.165, 1.54) is 25.7 Å². The van der Waals surface area contributed by atoms with Crippen LogP contribution in [-0.2, 0) is 6.42 Å². The molecular weight excluding hydrogens is 377 g/mol. The van der Waals surface area contributed by atoms with E-state index in [4.69, 9.17) is 5.11 Å². The average Bonchev–Trinajstić information content (AvgIpc) is 2.67. The number of hydrogen-bond donors (Lipinski definition) is 1. The second-order valence-corrected chi connectivity index (χ2v) is 8.49. The van der Waals surface area contributed by atoms with Crippen molar-refractivity contribution in [3.05, 3.63) is 58.4 Å². The number of fused-ring (bicyclic) bond motifs is 3. The highest BCUT2D eigenvalue weighted by Gasteiger charge is 2.36. The zero-order valence-corrected chi connectivity index (χ0v) is 16.5. The van der Waals surface area contributed by atoms with Gasteiger partial charge in [0.2, 0.25) is 0 Å². The molecule has 2 aromatic rings. The number of carboxylic acids is 1. The highest BCUT2D eigenvalue weighted by Crippen LogP contribution is 2.49. The average molecular weight is 402 g/mol. The Morgan fingerprint density at radius 1 is 1.10 bits per heavy atom. The summed E-state index contributed by atoms with van der Waals surface area (Å²) >= 11 is 0. The van der Waals surface area contributed by atoms with E-state index in [2.05, 4.69) is 6.92 Å². The smallest absolute Gasteiger partial charge is 0.341 e. The number of halogens is 3. The van der Waals surface area contributed by atoms with Gasteiger partial charge >= 0.3 is 5.97 Å². The van der Waals surface area contributed by atoms with Crippen LogP contribution in [0, 0.1) is 29.3 Å². The van der Waals surface area contributed by atoms with Gasteiger partial charge in [-0.1, -0.05) is 31.9 Å². The highest BCUT2D eigenvalue weighted by atomic mass is 19.1. The maximum Gasteiger partial charge on any atom is 0.341 e. The van der Waals surface area contributed by atoms with Crippen LogP contribution in [-0.4, -0.2) is 11.1 Å². The third-order valence-electron chi connectivity index (χ3n) is 6.80. The number of carboxylic acid groups (broad SMARTS) is 1. The lowest BCUT2D eigenvalue weighted by atomic mass is 9.64. The van der Waals surface area contributed by atoms with Crippen LogP contribution in [0.3, 0.4) is 0 Å². The van der Waals surface area contributed by atoms with Crippen LogP contribution in [0.5, 0.6) is 0 Å². The zero-order valence-electron chi connectivity index (χ0n) is 16.5. The van der Waals surface area contributed by atoms with Gasteiger partial charge in [-0.3, -0.25) is 0 Å². The molecule has 1 N–H and O–H groups in total. The first-order chi connectivity index (χ1) is 13.9. The van der Waals surface area contributed by atoms with Crippen molar-refractivity contribution >= 4 is 5.97 Å². The van der Waals surface area contributed by atoms with Gasteiger partial charge < -0.3 is 5.11 Å². The van der Waals surface area contributed by atoms with Gasteiger partial charge in [0.25, 0.3) is 0 Å². The summed E-state index contributed by atoms with van der Waals surface area (Å²) in [4.78, 5) is 11.0. The quantitative estimate of drug-likeness (QED) is 0.617. The Morgan fingerprint density at radius 2 is 1.83 bits per heavy atom. The molecule has 0 saturated heterocycles. The molecule has 0 aliphatic heterocycles. The maximum absolute atomic E-state index is 15.4. The molecule has 3 atom stereocenters. The molecule has 0 aromatic heterocycles. The molecule has 2 aromatic carbocycles. The van der Waals surface area contributed by atoms with Crippen molar-refractivity contribution in [3.63, 3.8) is 0 Å². The molecule has 5 heteroatoms. The fourth-order valence-corrected chi connectivity index (χ4v) is 5.48. The Kier molecular flexibility index (Phi) is 5.41. The molecule has 2 aliphatic carbocycles. The molecule has 0 radical (unpaired) electrons. The van der Waals surface area contributed by atoms with Gasteiger partial charge in [0.05, 0.1) is 0 Å². The van der Waals surface area contributed by atoms with Gasteiger partial charge in [0.15, 0.2) is 0 Å². The molecule has 1 fully saturated rings. The Bertz CT molecular complexity index is 930. The summed E-state index contributed by atoms with van der Waals surface area (Å²) in [5.74, 6) is -2.79. The van der Waals surface area contributed by atoms with E-state index < -0.39 is 29.0 Å². The summed E-state index contributed by atoms with van der Waals surface area (Å²) in [6.45, 7) is 2.22. The van der Waals surface area contributed by atoms with E-state index in [1.54, 1.807) is 6.07 Å². The Balaban J connectivity index is 1.68. The van der Waals surface area contributed by atoms with E-state index in [9.17, 15) is 13.6 Å². The molecule has 4 rings (SSSR count). The lowest BCUT2D eigenvalue weighted by Gasteiger charge is -2.41. The van der Waals surface area contributed by atoms with Crippen LogP contribution >= 0.6 is 0 Å². The fraction of sp³-hybridized carbons (Fsp3) is 0.458. The number of hydrogen-bond acceptors (Lipinski definition) is 1. The van der Waals surface area contributed by atoms with Crippen molar-refractivity contribution in [2.75, 3.05) is 0 Å². The van der Waals surface area contributed by atoms with Crippen molar-refractivity contribution in [3.8, 4) is 11.1 Å². The first-order valence-electron chi connectivity index (χ1n) is 10.4. The summed E-state index contributed by atoms with van der Waals surface area (Å²) < 4.78 is 43.5. The minimum Gasteiger partial charge on any atom is -0.477 e. The van der Waals surface area contributed by atoms with E-state index in [-0.39, 0.29) is 11.1 Å². The lowest BCUT2D eigenvalue weighted by Crippen LogP contribution is -2.28. The lowest BCUT2D eigenvalue weighted by molar-refractivity contribution is 0.0686. The summed E-state index contributed by atoms with van der Waals surface area (Å²) in [6, 6.07) is 5.30. The summed E-state index contributed by atoms with van der Waals surface area (Å²) in [5.41, 5.74) is 0.829. The number of rotatable bonds is 4. The summed E-state index contributed by atoms with van der Waals surface area (Å²) in [7, 11) is 0. The molecule has 29 heavy (non-hydrogen) atoms. The summed E-state index contributed by atoms with van der Waals surface area (Å²) in [6.07, 6.45) is 7.47. The number of benzene rings is 2. The van der Waals surface area contributed by atoms with Crippen LogP contribution in [0.4, 0.5) is 13.2 Å². The second kappa shape index (κ2) is 7.85. The molecule has 2 nitrogen and oxygen atoms in total. The monoisotopic (exact) mass is 402 g/mol. The first kappa shape index (κ1) is 20.0. The molecular formula is C24H25F3O2. The first-order valence-corrected chi connectivity index (χ1v) is 10.4. The van der Waals surface area contributed by atoms with Crippen LogP contribution in [0.15, 0.2) is 24.3 Å². The van der Waals surface area contributed by atoms with Crippen LogP contribution < -0.4 is 0 Å². The molecule has 2 aliphatic rings. The number of aromatic carboxylic acids is 1. The van der Waals surface area contributed by atoms with Crippen LogP contribution in [0.1, 0.15) is 72.9 Å². The topological polar surface area (TPSA) is 37.3 Å².